The lowest BCUT2D eigenvalue weighted by molar-refractivity contribution is 0.211. The molecule has 0 amide bonds. The Morgan fingerprint density at radius 3 is 2.86 bits per heavy atom. The average Bonchev–Trinajstić information content (AvgIpc) is 2.47. The summed E-state index contributed by atoms with van der Waals surface area (Å²) in [6.07, 6.45) is 4.53. The van der Waals surface area contributed by atoms with Gasteiger partial charge in [-0.2, -0.15) is 0 Å². The minimum Gasteiger partial charge on any atom is -0.351 e. The molecule has 1 aromatic heterocycles. The highest BCUT2D eigenvalue weighted by atomic mass is 19.1. The number of nitrogens with zero attached hydrogens (tertiary/aromatic N) is 2. The lowest BCUT2D eigenvalue weighted by Gasteiger charge is -2.36. The first-order valence-corrected chi connectivity index (χ1v) is 7.67. The maximum atomic E-state index is 13.3. The molecule has 6 heteroatoms. The maximum Gasteiger partial charge on any atom is 0.260 e. The SMILES string of the molecule is CN(C)[C@@H]1CCCC[C@H]1Nc1nc2cc(F)ccc2c(=O)[nH]1. The van der Waals surface area contributed by atoms with Crippen LogP contribution in [-0.2, 0) is 0 Å². The van der Waals surface area contributed by atoms with Gasteiger partial charge in [0.2, 0.25) is 5.95 Å². The highest BCUT2D eigenvalue weighted by Gasteiger charge is 2.27. The molecule has 3 rings (SSSR count). The number of aromatic nitrogens is 2. The molecule has 0 saturated heterocycles. The van der Waals surface area contributed by atoms with Gasteiger partial charge in [-0.3, -0.25) is 9.78 Å². The van der Waals surface area contributed by atoms with Gasteiger partial charge in [0, 0.05) is 18.2 Å². The first kappa shape index (κ1) is 15.0. The summed E-state index contributed by atoms with van der Waals surface area (Å²) >= 11 is 0. The van der Waals surface area contributed by atoms with Crippen LogP contribution >= 0.6 is 0 Å². The number of fused-ring (bicyclic) bond motifs is 1. The second-order valence-corrected chi connectivity index (χ2v) is 6.14. The Kier molecular flexibility index (Phi) is 4.11. The van der Waals surface area contributed by atoms with E-state index in [2.05, 4.69) is 34.3 Å². The smallest absolute Gasteiger partial charge is 0.260 e. The van der Waals surface area contributed by atoms with Crippen LogP contribution in [0.3, 0.4) is 0 Å². The van der Waals surface area contributed by atoms with Crippen LogP contribution in [0, 0.1) is 5.82 Å². The van der Waals surface area contributed by atoms with Crippen LogP contribution in [0.2, 0.25) is 0 Å². The number of nitrogens with one attached hydrogen (secondary N) is 2. The summed E-state index contributed by atoms with van der Waals surface area (Å²) in [5.41, 5.74) is 0.133. The summed E-state index contributed by atoms with van der Waals surface area (Å²) in [6.45, 7) is 0. The zero-order valence-corrected chi connectivity index (χ0v) is 12.9. The molecule has 0 aliphatic heterocycles. The number of aromatic amines is 1. The normalized spacial score (nSPS) is 22.2. The summed E-state index contributed by atoms with van der Waals surface area (Å²) < 4.78 is 13.3. The fourth-order valence-electron chi connectivity index (χ4n) is 3.25. The second kappa shape index (κ2) is 6.04. The van der Waals surface area contributed by atoms with Crippen molar-refractivity contribution in [3.63, 3.8) is 0 Å². The fraction of sp³-hybridized carbons (Fsp3) is 0.500. The van der Waals surface area contributed by atoms with Crippen molar-refractivity contribution in [1.29, 1.82) is 0 Å². The lowest BCUT2D eigenvalue weighted by atomic mass is 9.89. The number of likely N-dealkylation sites (N-methyl/N-ethyl adjacent to an activating group) is 1. The number of rotatable bonds is 3. The highest BCUT2D eigenvalue weighted by Crippen LogP contribution is 2.24. The third kappa shape index (κ3) is 2.97. The van der Waals surface area contributed by atoms with Crippen molar-refractivity contribution in [2.45, 2.75) is 37.8 Å². The van der Waals surface area contributed by atoms with Crippen molar-refractivity contribution >= 4 is 16.9 Å². The summed E-state index contributed by atoms with van der Waals surface area (Å²) in [4.78, 5) is 21.4. The monoisotopic (exact) mass is 304 g/mol. The molecule has 2 aromatic rings. The van der Waals surface area contributed by atoms with Gasteiger partial charge < -0.3 is 10.2 Å². The van der Waals surface area contributed by atoms with Gasteiger partial charge in [0.05, 0.1) is 10.9 Å². The third-order valence-electron chi connectivity index (χ3n) is 4.38. The maximum absolute atomic E-state index is 13.3. The van der Waals surface area contributed by atoms with Crippen LogP contribution in [0.5, 0.6) is 0 Å². The molecule has 1 aliphatic carbocycles. The second-order valence-electron chi connectivity index (χ2n) is 6.14. The van der Waals surface area contributed by atoms with E-state index in [-0.39, 0.29) is 17.4 Å². The van der Waals surface area contributed by atoms with E-state index in [0.717, 1.165) is 19.3 Å². The molecule has 1 heterocycles. The Labute approximate surface area is 128 Å². The number of hydrogen-bond acceptors (Lipinski definition) is 4. The molecule has 5 nitrogen and oxygen atoms in total. The molecule has 0 unspecified atom stereocenters. The van der Waals surface area contributed by atoms with Gasteiger partial charge in [-0.05, 0) is 39.1 Å². The first-order chi connectivity index (χ1) is 10.5. The highest BCUT2D eigenvalue weighted by molar-refractivity contribution is 5.78. The van der Waals surface area contributed by atoms with Crippen molar-refractivity contribution in [3.8, 4) is 0 Å². The van der Waals surface area contributed by atoms with Crippen LogP contribution in [0.1, 0.15) is 25.7 Å². The van der Waals surface area contributed by atoms with E-state index >= 15 is 0 Å². The molecule has 22 heavy (non-hydrogen) atoms. The Morgan fingerprint density at radius 2 is 2.09 bits per heavy atom. The molecular weight excluding hydrogens is 283 g/mol. The van der Waals surface area contributed by atoms with E-state index in [0.29, 0.717) is 22.9 Å². The van der Waals surface area contributed by atoms with Crippen LogP contribution < -0.4 is 10.9 Å². The summed E-state index contributed by atoms with van der Waals surface area (Å²) in [7, 11) is 4.13. The Bertz CT molecular complexity index is 728. The molecule has 0 bridgehead atoms. The van der Waals surface area contributed by atoms with Gasteiger partial charge >= 0.3 is 0 Å². The molecule has 1 saturated carbocycles. The third-order valence-corrected chi connectivity index (χ3v) is 4.38. The van der Waals surface area contributed by atoms with E-state index in [4.69, 9.17) is 0 Å². The van der Waals surface area contributed by atoms with Gasteiger partial charge in [-0.25, -0.2) is 9.37 Å². The Hall–Kier alpha value is -1.95. The molecule has 2 atom stereocenters. The van der Waals surface area contributed by atoms with Gasteiger partial charge in [0.25, 0.3) is 5.56 Å². The predicted octanol–water partition coefficient (Wildman–Crippen LogP) is 2.35. The molecule has 2 N–H and O–H groups in total. The zero-order valence-electron chi connectivity index (χ0n) is 12.9. The fourth-order valence-corrected chi connectivity index (χ4v) is 3.25. The standard InChI is InChI=1S/C16H21FN4O/c1-21(2)14-6-4-3-5-12(14)18-16-19-13-9-10(17)7-8-11(13)15(22)20-16/h7-9,12,14H,3-6H2,1-2H3,(H2,18,19,20,22)/t12-,14-/m1/s1. The molecule has 0 radical (unpaired) electrons. The van der Waals surface area contributed by atoms with Crippen molar-refractivity contribution in [2.75, 3.05) is 19.4 Å². The first-order valence-electron chi connectivity index (χ1n) is 7.67. The van der Waals surface area contributed by atoms with E-state index in [9.17, 15) is 9.18 Å². The van der Waals surface area contributed by atoms with Crippen LogP contribution in [0.4, 0.5) is 10.3 Å². The van der Waals surface area contributed by atoms with Gasteiger partial charge in [-0.15, -0.1) is 0 Å². The van der Waals surface area contributed by atoms with E-state index in [1.54, 1.807) is 0 Å². The predicted molar refractivity (Wildman–Crippen MR) is 85.7 cm³/mol. The van der Waals surface area contributed by atoms with E-state index in [1.807, 2.05) is 0 Å². The topological polar surface area (TPSA) is 61.0 Å². The van der Waals surface area contributed by atoms with Crippen molar-refractivity contribution in [3.05, 3.63) is 34.4 Å². The van der Waals surface area contributed by atoms with Gasteiger partial charge in [0.1, 0.15) is 5.82 Å². The summed E-state index contributed by atoms with van der Waals surface area (Å²) in [6, 6.07) is 4.67. The molecule has 1 fully saturated rings. The van der Waals surface area contributed by atoms with Gasteiger partial charge in [0.15, 0.2) is 0 Å². The number of hydrogen-bond donors (Lipinski definition) is 2. The van der Waals surface area contributed by atoms with Crippen molar-refractivity contribution < 1.29 is 4.39 Å². The Morgan fingerprint density at radius 1 is 1.32 bits per heavy atom. The summed E-state index contributed by atoms with van der Waals surface area (Å²) in [5.74, 6) is 0.0298. The number of benzene rings is 1. The molecule has 118 valence electrons. The van der Waals surface area contributed by atoms with E-state index in [1.165, 1.54) is 24.6 Å². The number of anilines is 1. The van der Waals surface area contributed by atoms with Crippen LogP contribution in [0.25, 0.3) is 10.9 Å². The van der Waals surface area contributed by atoms with Gasteiger partial charge in [-0.1, -0.05) is 12.8 Å². The minimum atomic E-state index is -0.389. The molecule has 0 spiro atoms. The summed E-state index contributed by atoms with van der Waals surface area (Å²) in [5, 5.41) is 3.74. The quantitative estimate of drug-likeness (QED) is 0.914. The Balaban J connectivity index is 1.91. The zero-order chi connectivity index (χ0) is 15.7. The largest absolute Gasteiger partial charge is 0.351 e. The molecular formula is C16H21FN4O. The molecule has 1 aliphatic rings. The van der Waals surface area contributed by atoms with Crippen molar-refractivity contribution in [2.24, 2.45) is 0 Å². The van der Waals surface area contributed by atoms with Crippen LogP contribution in [0.15, 0.2) is 23.0 Å². The minimum absolute atomic E-state index is 0.234. The van der Waals surface area contributed by atoms with Crippen LogP contribution in [-0.4, -0.2) is 41.0 Å². The van der Waals surface area contributed by atoms with E-state index < -0.39 is 0 Å². The lowest BCUT2D eigenvalue weighted by Crippen LogP contribution is -2.45. The average molecular weight is 304 g/mol. The number of halogens is 1. The molecule has 1 aromatic carbocycles. The van der Waals surface area contributed by atoms with Crippen molar-refractivity contribution in [1.82, 2.24) is 14.9 Å². The number of H-pyrrole nitrogens is 1.